The summed E-state index contributed by atoms with van der Waals surface area (Å²) in [5.41, 5.74) is 16.1. The van der Waals surface area contributed by atoms with E-state index in [0.717, 1.165) is 0 Å². The van der Waals surface area contributed by atoms with E-state index in [9.17, 15) is 0 Å². The molecular weight excluding hydrogens is 350 g/mol. The van der Waals surface area contributed by atoms with Crippen molar-refractivity contribution in [2.45, 2.75) is 27.7 Å². The van der Waals surface area contributed by atoms with Crippen molar-refractivity contribution in [3.63, 3.8) is 0 Å². The average molecular weight is 375 g/mol. The number of benzene rings is 4. The van der Waals surface area contributed by atoms with E-state index >= 15 is 0 Å². The lowest BCUT2D eigenvalue weighted by molar-refractivity contribution is 0.737. The smallest absolute Gasteiger partial charge is 0.156 e. The molecule has 1 nitrogen and oxygen atoms in total. The largest absolute Gasteiger partial charge is 0.192 e. The van der Waals surface area contributed by atoms with Gasteiger partial charge in [0.2, 0.25) is 0 Å². The van der Waals surface area contributed by atoms with Gasteiger partial charge in [-0.05, 0) is 74.2 Å². The van der Waals surface area contributed by atoms with E-state index < -0.39 is 0 Å². The standard InChI is InChI=1S/C28H24N/c1-17-5-9-21-22-10-6-18(2)14-26(22)29(25(21)13-17)27-15-19(3)7-11-23(27)24-12-8-20(4)16-28(24)29/h5-16H,1-4H3/q+1. The van der Waals surface area contributed by atoms with Crippen molar-refractivity contribution >= 4 is 22.7 Å². The number of fused-ring (bicyclic) bond motifs is 10. The predicted octanol–water partition coefficient (Wildman–Crippen LogP) is 8.18. The molecule has 29 heavy (non-hydrogen) atoms. The van der Waals surface area contributed by atoms with E-state index in [2.05, 4.69) is 100 Å². The maximum atomic E-state index is 2.40. The molecule has 4 aromatic rings. The summed E-state index contributed by atoms with van der Waals surface area (Å²) in [5, 5.41) is 0. The third-order valence-electron chi connectivity index (χ3n) is 6.64. The van der Waals surface area contributed by atoms with Crippen molar-refractivity contribution in [3.8, 4) is 22.3 Å². The second kappa shape index (κ2) is 5.46. The molecule has 1 spiro atoms. The molecule has 0 radical (unpaired) electrons. The lowest BCUT2D eigenvalue weighted by Gasteiger charge is -2.32. The Morgan fingerprint density at radius 1 is 0.379 bits per heavy atom. The van der Waals surface area contributed by atoms with Crippen molar-refractivity contribution in [2.24, 2.45) is 0 Å². The number of hydrogen-bond acceptors (Lipinski definition) is 0. The zero-order chi connectivity index (χ0) is 19.9. The highest BCUT2D eigenvalue weighted by molar-refractivity contribution is 6.11. The number of rotatable bonds is 0. The molecule has 2 aliphatic heterocycles. The minimum Gasteiger partial charge on any atom is -0.192 e. The quantitative estimate of drug-likeness (QED) is 0.235. The van der Waals surface area contributed by atoms with E-state index in [1.807, 2.05) is 0 Å². The van der Waals surface area contributed by atoms with E-state index in [0.29, 0.717) is 4.48 Å². The first-order valence-corrected chi connectivity index (χ1v) is 10.3. The molecule has 2 aliphatic rings. The van der Waals surface area contributed by atoms with Gasteiger partial charge in [0, 0.05) is 24.3 Å². The van der Waals surface area contributed by atoms with Crippen molar-refractivity contribution in [2.75, 3.05) is 0 Å². The zero-order valence-corrected chi connectivity index (χ0v) is 17.4. The van der Waals surface area contributed by atoms with E-state index in [1.165, 1.54) is 67.3 Å². The van der Waals surface area contributed by atoms with Gasteiger partial charge in [-0.1, -0.05) is 24.3 Å². The first-order chi connectivity index (χ1) is 14.0. The van der Waals surface area contributed by atoms with Gasteiger partial charge in [0.15, 0.2) is 22.7 Å². The first kappa shape index (κ1) is 16.8. The molecule has 4 aromatic carbocycles. The van der Waals surface area contributed by atoms with Crippen LogP contribution in [0.3, 0.4) is 0 Å². The Kier molecular flexibility index (Phi) is 3.16. The molecule has 2 heterocycles. The molecule has 140 valence electrons. The summed E-state index contributed by atoms with van der Waals surface area (Å²) in [5.74, 6) is 0. The van der Waals surface area contributed by atoms with E-state index in [-0.39, 0.29) is 0 Å². The maximum Gasteiger partial charge on any atom is 0.156 e. The van der Waals surface area contributed by atoms with Gasteiger partial charge in [0.1, 0.15) is 0 Å². The van der Waals surface area contributed by atoms with Crippen LogP contribution in [0, 0.1) is 27.7 Å². The molecule has 0 atom stereocenters. The van der Waals surface area contributed by atoms with E-state index in [4.69, 9.17) is 0 Å². The van der Waals surface area contributed by atoms with Gasteiger partial charge in [0.05, 0.1) is 22.3 Å². The zero-order valence-electron chi connectivity index (χ0n) is 17.4. The van der Waals surface area contributed by atoms with Crippen LogP contribution in [-0.2, 0) is 0 Å². The van der Waals surface area contributed by atoms with Crippen LogP contribution in [0.15, 0.2) is 72.8 Å². The fourth-order valence-electron chi connectivity index (χ4n) is 5.37. The molecule has 0 bridgehead atoms. The number of hydrogen-bond donors (Lipinski definition) is 0. The normalized spacial score (nSPS) is 14.5. The fraction of sp³-hybridized carbons (Fsp3) is 0.143. The fourth-order valence-corrected chi connectivity index (χ4v) is 5.37. The highest BCUT2D eigenvalue weighted by Crippen LogP contribution is 2.69. The Bertz CT molecular complexity index is 1130. The molecule has 6 rings (SSSR count). The van der Waals surface area contributed by atoms with Gasteiger partial charge in [-0.15, -0.1) is 0 Å². The average Bonchev–Trinajstić information content (AvgIpc) is 3.13. The number of aryl methyl sites for hydroxylation is 4. The van der Waals surface area contributed by atoms with Crippen LogP contribution < -0.4 is 4.48 Å². The van der Waals surface area contributed by atoms with Crippen LogP contribution in [0.4, 0.5) is 22.7 Å². The van der Waals surface area contributed by atoms with Gasteiger partial charge in [-0.3, -0.25) is 0 Å². The third kappa shape index (κ3) is 1.98. The second-order valence-corrected chi connectivity index (χ2v) is 8.75. The summed E-state index contributed by atoms with van der Waals surface area (Å²) >= 11 is 0. The Morgan fingerprint density at radius 3 is 0.862 bits per heavy atom. The van der Waals surface area contributed by atoms with Crippen molar-refractivity contribution < 1.29 is 0 Å². The van der Waals surface area contributed by atoms with Gasteiger partial charge < -0.3 is 0 Å². The lowest BCUT2D eigenvalue weighted by atomic mass is 10.0. The molecule has 0 fully saturated rings. The maximum absolute atomic E-state index is 2.40. The molecule has 0 saturated heterocycles. The summed E-state index contributed by atoms with van der Waals surface area (Å²) < 4.78 is 0.710. The summed E-state index contributed by atoms with van der Waals surface area (Å²) in [6, 6.07) is 27.8. The highest BCUT2D eigenvalue weighted by atomic mass is 15.4. The molecule has 0 saturated carbocycles. The van der Waals surface area contributed by atoms with Crippen LogP contribution in [0.1, 0.15) is 22.3 Å². The SMILES string of the molecule is Cc1ccc2c(c1)[N+]1(c3cc(C)ccc3-2)c2cc(C)ccc2-c2ccc(C)cc21. The lowest BCUT2D eigenvalue weighted by Crippen LogP contribution is -2.29. The summed E-state index contributed by atoms with van der Waals surface area (Å²) in [7, 11) is 0. The Hall–Kier alpha value is -3.16. The van der Waals surface area contributed by atoms with Gasteiger partial charge in [-0.2, -0.15) is 4.48 Å². The van der Waals surface area contributed by atoms with Crippen LogP contribution in [-0.4, -0.2) is 0 Å². The summed E-state index contributed by atoms with van der Waals surface area (Å²) in [6.45, 7) is 8.82. The van der Waals surface area contributed by atoms with Crippen molar-refractivity contribution in [1.29, 1.82) is 0 Å². The Morgan fingerprint density at radius 2 is 0.621 bits per heavy atom. The van der Waals surface area contributed by atoms with Crippen molar-refractivity contribution in [3.05, 3.63) is 95.1 Å². The monoisotopic (exact) mass is 374 g/mol. The van der Waals surface area contributed by atoms with Crippen LogP contribution in [0.25, 0.3) is 22.3 Å². The molecule has 0 aliphatic carbocycles. The second-order valence-electron chi connectivity index (χ2n) is 8.75. The molecule has 0 aromatic heterocycles. The van der Waals surface area contributed by atoms with Gasteiger partial charge in [-0.25, -0.2) is 0 Å². The van der Waals surface area contributed by atoms with E-state index in [1.54, 1.807) is 0 Å². The van der Waals surface area contributed by atoms with Crippen LogP contribution >= 0.6 is 0 Å². The number of quaternary nitrogens is 1. The van der Waals surface area contributed by atoms with Gasteiger partial charge >= 0.3 is 0 Å². The molecule has 0 amide bonds. The predicted molar refractivity (Wildman–Crippen MR) is 123 cm³/mol. The minimum atomic E-state index is 0.710. The topological polar surface area (TPSA) is 0 Å². The first-order valence-electron chi connectivity index (χ1n) is 10.3. The molecule has 0 unspecified atom stereocenters. The van der Waals surface area contributed by atoms with Crippen LogP contribution in [0.2, 0.25) is 0 Å². The molecular formula is C28H24N+. The Labute approximate surface area is 172 Å². The molecule has 1 heteroatoms. The molecule has 0 N–H and O–H groups in total. The van der Waals surface area contributed by atoms with Gasteiger partial charge in [0.25, 0.3) is 0 Å². The summed E-state index contributed by atoms with van der Waals surface area (Å²) in [6.07, 6.45) is 0. The Balaban J connectivity index is 1.88. The van der Waals surface area contributed by atoms with Crippen molar-refractivity contribution in [1.82, 2.24) is 4.48 Å². The third-order valence-corrected chi connectivity index (χ3v) is 6.64. The minimum absolute atomic E-state index is 0.710. The van der Waals surface area contributed by atoms with Crippen LogP contribution in [0.5, 0.6) is 0 Å². The highest BCUT2D eigenvalue weighted by Gasteiger charge is 2.54. The summed E-state index contributed by atoms with van der Waals surface area (Å²) in [4.78, 5) is 0. The number of nitrogens with zero attached hydrogens (tertiary/aromatic N) is 1.